The molecule has 5 nitrogen and oxygen atoms in total. The summed E-state index contributed by atoms with van der Waals surface area (Å²) in [6, 6.07) is 5.52. The number of benzene rings is 1. The van der Waals surface area contributed by atoms with Crippen molar-refractivity contribution < 1.29 is 32.2 Å². The van der Waals surface area contributed by atoms with Gasteiger partial charge >= 0.3 is 18.2 Å². The second-order valence-corrected chi connectivity index (χ2v) is 10.7. The molecule has 182 valence electrons. The summed E-state index contributed by atoms with van der Waals surface area (Å²) in [5, 5.41) is 2.42. The maximum Gasteiger partial charge on any atom is 0.408 e. The Morgan fingerprint density at radius 2 is 1.59 bits per heavy atom. The summed E-state index contributed by atoms with van der Waals surface area (Å²) < 4.78 is 50.9. The van der Waals surface area contributed by atoms with Gasteiger partial charge in [-0.1, -0.05) is 45.0 Å². The second kappa shape index (κ2) is 11.3. The average Bonchev–Trinajstić information content (AvgIpc) is 2.63. The van der Waals surface area contributed by atoms with E-state index in [0.717, 1.165) is 17.3 Å². The van der Waals surface area contributed by atoms with Crippen molar-refractivity contribution in [3.05, 3.63) is 35.4 Å². The van der Waals surface area contributed by atoms with E-state index >= 15 is 0 Å². The molecule has 0 spiro atoms. The molecule has 0 radical (unpaired) electrons. The van der Waals surface area contributed by atoms with Crippen LogP contribution in [0.5, 0.6) is 0 Å². The Labute approximate surface area is 192 Å². The third-order valence-electron chi connectivity index (χ3n) is 4.59. The first-order valence-corrected chi connectivity index (χ1v) is 11.5. The smallest absolute Gasteiger partial charge is 0.408 e. The molecule has 1 aromatic rings. The molecule has 2 atom stereocenters. The van der Waals surface area contributed by atoms with Gasteiger partial charge in [0, 0.05) is 5.75 Å². The quantitative estimate of drug-likeness (QED) is 0.378. The number of methoxy groups -OCH3 is 1. The normalized spacial score (nSPS) is 14.4. The summed E-state index contributed by atoms with van der Waals surface area (Å²) in [6.07, 6.45) is -5.33. The van der Waals surface area contributed by atoms with Crippen molar-refractivity contribution in [1.82, 2.24) is 5.32 Å². The first-order valence-electron chi connectivity index (χ1n) is 10.4. The van der Waals surface area contributed by atoms with Gasteiger partial charge in [0.05, 0.1) is 13.0 Å². The van der Waals surface area contributed by atoms with Gasteiger partial charge in [0.1, 0.15) is 11.6 Å². The predicted octanol–water partition coefficient (Wildman–Crippen LogP) is 5.82. The van der Waals surface area contributed by atoms with Crippen molar-refractivity contribution in [3.63, 3.8) is 0 Å². The molecule has 1 amide bonds. The van der Waals surface area contributed by atoms with Gasteiger partial charge in [0.15, 0.2) is 0 Å². The Morgan fingerprint density at radius 1 is 1.03 bits per heavy atom. The van der Waals surface area contributed by atoms with Crippen molar-refractivity contribution >= 4 is 23.8 Å². The minimum absolute atomic E-state index is 0.0689. The number of carbonyl (C=O) groups is 2. The van der Waals surface area contributed by atoms with Crippen LogP contribution in [0.15, 0.2) is 24.3 Å². The van der Waals surface area contributed by atoms with Crippen LogP contribution in [-0.4, -0.2) is 48.5 Å². The highest BCUT2D eigenvalue weighted by Gasteiger charge is 2.40. The van der Waals surface area contributed by atoms with Gasteiger partial charge in [-0.15, -0.1) is 0 Å². The number of thioether (sulfide) groups is 1. The summed E-state index contributed by atoms with van der Waals surface area (Å²) in [5.74, 6) is -2.08. The first kappa shape index (κ1) is 28.1. The van der Waals surface area contributed by atoms with Crippen molar-refractivity contribution in [2.75, 3.05) is 18.6 Å². The van der Waals surface area contributed by atoms with E-state index in [1.807, 2.05) is 20.8 Å². The van der Waals surface area contributed by atoms with Crippen LogP contribution < -0.4 is 5.32 Å². The zero-order valence-corrected chi connectivity index (χ0v) is 20.6. The van der Waals surface area contributed by atoms with Gasteiger partial charge in [-0.05, 0) is 49.5 Å². The number of amides is 1. The summed E-state index contributed by atoms with van der Waals surface area (Å²) in [7, 11) is 1.18. The van der Waals surface area contributed by atoms with Crippen LogP contribution >= 0.6 is 11.8 Å². The molecule has 0 aliphatic rings. The SMILES string of the molecule is COC(=O)[C@H](CSCCC(c1ccc(C(C)(C)C)cc1)C(F)(F)F)NC(=O)OC(C)(C)C. The van der Waals surface area contributed by atoms with Crippen LogP contribution in [0, 0.1) is 0 Å². The molecular formula is C23H34F3NO4S. The monoisotopic (exact) mass is 477 g/mol. The Kier molecular flexibility index (Phi) is 9.93. The fourth-order valence-corrected chi connectivity index (χ4v) is 3.92. The Balaban J connectivity index is 2.76. The predicted molar refractivity (Wildman–Crippen MR) is 121 cm³/mol. The van der Waals surface area contributed by atoms with E-state index in [1.54, 1.807) is 32.9 Å². The highest BCUT2D eigenvalue weighted by molar-refractivity contribution is 7.99. The van der Waals surface area contributed by atoms with Crippen LogP contribution in [0.2, 0.25) is 0 Å². The van der Waals surface area contributed by atoms with E-state index in [2.05, 4.69) is 10.1 Å². The molecule has 0 aromatic heterocycles. The molecule has 0 fully saturated rings. The third-order valence-corrected chi connectivity index (χ3v) is 5.68. The molecule has 0 aliphatic carbocycles. The number of hydrogen-bond acceptors (Lipinski definition) is 5. The molecule has 0 bridgehead atoms. The number of alkyl halides is 3. The number of hydrogen-bond donors (Lipinski definition) is 1. The van der Waals surface area contributed by atoms with Crippen LogP contribution in [0.1, 0.15) is 65.0 Å². The van der Waals surface area contributed by atoms with Crippen molar-refractivity contribution in [2.45, 2.75) is 77.1 Å². The first-order chi connectivity index (χ1) is 14.5. The minimum Gasteiger partial charge on any atom is -0.467 e. The van der Waals surface area contributed by atoms with Gasteiger partial charge in [-0.25, -0.2) is 9.59 Å². The number of halogens is 3. The molecule has 0 aliphatic heterocycles. The fraction of sp³-hybridized carbons (Fsp3) is 0.652. The summed E-state index contributed by atoms with van der Waals surface area (Å²) >= 11 is 1.14. The lowest BCUT2D eigenvalue weighted by Gasteiger charge is -2.24. The number of ether oxygens (including phenoxy) is 2. The molecule has 1 aromatic carbocycles. The highest BCUT2D eigenvalue weighted by atomic mass is 32.2. The highest BCUT2D eigenvalue weighted by Crippen LogP contribution is 2.39. The largest absolute Gasteiger partial charge is 0.467 e. The van der Waals surface area contributed by atoms with Crippen LogP contribution in [0.25, 0.3) is 0 Å². The van der Waals surface area contributed by atoms with Crippen molar-refractivity contribution in [2.24, 2.45) is 0 Å². The van der Waals surface area contributed by atoms with E-state index in [0.29, 0.717) is 0 Å². The lowest BCUT2D eigenvalue weighted by atomic mass is 9.85. The van der Waals surface area contributed by atoms with E-state index in [9.17, 15) is 22.8 Å². The van der Waals surface area contributed by atoms with Crippen LogP contribution in [0.3, 0.4) is 0 Å². The molecule has 1 unspecified atom stereocenters. The summed E-state index contributed by atoms with van der Waals surface area (Å²) in [5.41, 5.74) is 0.278. The van der Waals surface area contributed by atoms with Gasteiger partial charge in [0.2, 0.25) is 0 Å². The Morgan fingerprint density at radius 3 is 2.03 bits per heavy atom. The molecule has 1 N–H and O–H groups in total. The lowest BCUT2D eigenvalue weighted by Crippen LogP contribution is -2.45. The van der Waals surface area contributed by atoms with Gasteiger partial charge in [-0.3, -0.25) is 0 Å². The maximum atomic E-state index is 13.7. The molecule has 0 saturated heterocycles. The zero-order valence-electron chi connectivity index (χ0n) is 19.8. The van der Waals surface area contributed by atoms with Crippen molar-refractivity contribution in [3.8, 4) is 0 Å². The van der Waals surface area contributed by atoms with Gasteiger partial charge in [-0.2, -0.15) is 24.9 Å². The summed E-state index contributed by atoms with van der Waals surface area (Å²) in [4.78, 5) is 23.9. The number of rotatable bonds is 8. The Bertz CT molecular complexity index is 752. The molecule has 0 heterocycles. The fourth-order valence-electron chi connectivity index (χ4n) is 2.90. The van der Waals surface area contributed by atoms with E-state index in [-0.39, 0.29) is 28.9 Å². The number of alkyl carbamates (subject to hydrolysis) is 1. The zero-order chi connectivity index (χ0) is 24.7. The molecule has 32 heavy (non-hydrogen) atoms. The molecule has 9 heteroatoms. The number of nitrogens with one attached hydrogen (secondary N) is 1. The molecule has 0 saturated carbocycles. The average molecular weight is 478 g/mol. The minimum atomic E-state index is -4.39. The molecule has 1 rings (SSSR count). The lowest BCUT2D eigenvalue weighted by molar-refractivity contribution is -0.150. The number of esters is 1. The third kappa shape index (κ3) is 9.71. The molecular weight excluding hydrogens is 443 g/mol. The Hall–Kier alpha value is -1.90. The van der Waals surface area contributed by atoms with E-state index in [1.165, 1.54) is 19.2 Å². The van der Waals surface area contributed by atoms with Gasteiger partial charge < -0.3 is 14.8 Å². The van der Waals surface area contributed by atoms with Gasteiger partial charge in [0.25, 0.3) is 0 Å². The van der Waals surface area contributed by atoms with E-state index in [4.69, 9.17) is 4.74 Å². The standard InChI is InChI=1S/C23H34F3NO4S/c1-21(2,3)16-10-8-15(9-11-16)17(23(24,25)26)12-13-32-14-18(19(28)30-7)27-20(29)31-22(4,5)6/h8-11,17-18H,12-14H2,1-7H3,(H,27,29)/t17?,18-/m0/s1. The van der Waals surface area contributed by atoms with Crippen LogP contribution in [-0.2, 0) is 19.7 Å². The topological polar surface area (TPSA) is 64.6 Å². The summed E-state index contributed by atoms with van der Waals surface area (Å²) in [6.45, 7) is 11.0. The maximum absolute atomic E-state index is 13.7. The van der Waals surface area contributed by atoms with Crippen molar-refractivity contribution in [1.29, 1.82) is 0 Å². The van der Waals surface area contributed by atoms with E-state index < -0.39 is 35.8 Å². The second-order valence-electron chi connectivity index (χ2n) is 9.55. The number of carbonyl (C=O) groups excluding carboxylic acids is 2. The van der Waals surface area contributed by atoms with Crippen LogP contribution in [0.4, 0.5) is 18.0 Å².